The number of cyclic esters (lactones) is 1. The Kier molecular flexibility index (Phi) is 4.28. The van der Waals surface area contributed by atoms with Gasteiger partial charge < -0.3 is 4.74 Å². The molecule has 1 saturated heterocycles. The van der Waals surface area contributed by atoms with Crippen LogP contribution in [0.25, 0.3) is 22.0 Å². The van der Waals surface area contributed by atoms with Gasteiger partial charge in [0.15, 0.2) is 0 Å². The Morgan fingerprint density at radius 1 is 0.933 bits per heavy atom. The lowest BCUT2D eigenvalue weighted by Gasteiger charge is -2.14. The van der Waals surface area contributed by atoms with Gasteiger partial charge in [-0.2, -0.15) is 5.10 Å². The van der Waals surface area contributed by atoms with Gasteiger partial charge in [0.05, 0.1) is 17.6 Å². The fourth-order valence-electron chi connectivity index (χ4n) is 3.66. The zero-order valence-corrected chi connectivity index (χ0v) is 15.7. The molecule has 1 amide bonds. The molecular weight excluding hydrogens is 385 g/mol. The number of nitrogens with zero attached hydrogens (tertiary/aromatic N) is 2. The van der Waals surface area contributed by atoms with Crippen molar-refractivity contribution in [2.24, 2.45) is 0 Å². The Balaban J connectivity index is 1.43. The maximum absolute atomic E-state index is 13.1. The van der Waals surface area contributed by atoms with Gasteiger partial charge in [0.25, 0.3) is 5.56 Å². The van der Waals surface area contributed by atoms with Gasteiger partial charge in [-0.1, -0.05) is 42.5 Å². The molecule has 1 aliphatic rings. The first-order valence-electron chi connectivity index (χ1n) is 9.41. The molecule has 1 aliphatic heterocycles. The van der Waals surface area contributed by atoms with Crippen LogP contribution in [-0.2, 0) is 4.74 Å². The lowest BCUT2D eigenvalue weighted by atomic mass is 10.0. The highest BCUT2D eigenvalue weighted by molar-refractivity contribution is 5.94. The van der Waals surface area contributed by atoms with Crippen molar-refractivity contribution in [1.82, 2.24) is 10.2 Å². The van der Waals surface area contributed by atoms with Crippen LogP contribution in [0.4, 0.5) is 14.9 Å². The molecule has 148 valence electrons. The van der Waals surface area contributed by atoms with Gasteiger partial charge in [0.1, 0.15) is 11.9 Å². The van der Waals surface area contributed by atoms with E-state index in [-0.39, 0.29) is 11.4 Å². The summed E-state index contributed by atoms with van der Waals surface area (Å²) in [6.45, 7) is 0.337. The average molecular weight is 401 g/mol. The van der Waals surface area contributed by atoms with Crippen molar-refractivity contribution in [2.45, 2.75) is 6.10 Å². The Bertz CT molecular complexity index is 1300. The molecule has 0 aliphatic carbocycles. The number of fused-ring (bicyclic) bond motifs is 1. The second kappa shape index (κ2) is 7.11. The van der Waals surface area contributed by atoms with Crippen molar-refractivity contribution in [3.05, 3.63) is 94.5 Å². The van der Waals surface area contributed by atoms with E-state index < -0.39 is 12.2 Å². The van der Waals surface area contributed by atoms with E-state index >= 15 is 0 Å². The van der Waals surface area contributed by atoms with E-state index in [1.807, 2.05) is 36.4 Å². The van der Waals surface area contributed by atoms with E-state index in [1.165, 1.54) is 17.0 Å². The minimum Gasteiger partial charge on any atom is -0.439 e. The van der Waals surface area contributed by atoms with Crippen molar-refractivity contribution < 1.29 is 13.9 Å². The molecule has 5 rings (SSSR count). The minimum atomic E-state index is -0.456. The third-order valence-electron chi connectivity index (χ3n) is 5.20. The van der Waals surface area contributed by atoms with Crippen molar-refractivity contribution in [2.75, 3.05) is 11.4 Å². The predicted octanol–water partition coefficient (Wildman–Crippen LogP) is 4.43. The first kappa shape index (κ1) is 18.1. The standard InChI is InChI=1S/C23H16FN3O3/c24-16-9-5-14(6-10-16)20-13-27(23(29)30-20)17-11-7-15(8-12-17)21-18-3-1-2-4-19(18)22(28)26-25-21/h1-12,20H,13H2,(H,26,28). The predicted molar refractivity (Wildman–Crippen MR) is 111 cm³/mol. The average Bonchev–Trinajstić information content (AvgIpc) is 3.16. The summed E-state index contributed by atoms with van der Waals surface area (Å²) in [4.78, 5) is 25.9. The van der Waals surface area contributed by atoms with Crippen LogP contribution in [0.5, 0.6) is 0 Å². The smallest absolute Gasteiger partial charge is 0.415 e. The maximum atomic E-state index is 13.1. The minimum absolute atomic E-state index is 0.238. The number of halogens is 1. The second-order valence-corrected chi connectivity index (χ2v) is 7.03. The van der Waals surface area contributed by atoms with Crippen LogP contribution in [0.2, 0.25) is 0 Å². The SMILES string of the molecule is O=C1OC(c2ccc(F)cc2)CN1c1ccc(-c2n[nH]c(=O)c3ccccc23)cc1. The van der Waals surface area contributed by atoms with E-state index in [2.05, 4.69) is 10.2 Å². The van der Waals surface area contributed by atoms with Gasteiger partial charge in [-0.25, -0.2) is 14.3 Å². The number of aromatic amines is 1. The molecule has 6 nitrogen and oxygen atoms in total. The molecule has 0 spiro atoms. The number of benzene rings is 3. The van der Waals surface area contributed by atoms with E-state index in [9.17, 15) is 14.0 Å². The Morgan fingerprint density at radius 2 is 1.63 bits per heavy atom. The van der Waals surface area contributed by atoms with E-state index in [0.717, 1.165) is 16.5 Å². The fourth-order valence-corrected chi connectivity index (χ4v) is 3.66. The number of rotatable bonds is 3. The molecule has 1 unspecified atom stereocenters. The summed E-state index contributed by atoms with van der Waals surface area (Å²) in [7, 11) is 0. The van der Waals surface area contributed by atoms with Gasteiger partial charge in [-0.05, 0) is 35.9 Å². The maximum Gasteiger partial charge on any atom is 0.415 e. The van der Waals surface area contributed by atoms with Gasteiger partial charge >= 0.3 is 6.09 Å². The summed E-state index contributed by atoms with van der Waals surface area (Å²) in [6.07, 6.45) is -0.910. The van der Waals surface area contributed by atoms with Crippen molar-refractivity contribution in [3.63, 3.8) is 0 Å². The quantitative estimate of drug-likeness (QED) is 0.551. The zero-order valence-electron chi connectivity index (χ0n) is 15.7. The van der Waals surface area contributed by atoms with Crippen LogP contribution in [0, 0.1) is 5.82 Å². The van der Waals surface area contributed by atoms with Crippen LogP contribution in [0.1, 0.15) is 11.7 Å². The normalized spacial score (nSPS) is 16.1. The Labute approximate surface area is 170 Å². The van der Waals surface area contributed by atoms with Crippen molar-refractivity contribution in [1.29, 1.82) is 0 Å². The van der Waals surface area contributed by atoms with Gasteiger partial charge in [-0.15, -0.1) is 0 Å². The van der Waals surface area contributed by atoms with Crippen molar-refractivity contribution in [3.8, 4) is 11.3 Å². The number of hydrogen-bond acceptors (Lipinski definition) is 4. The third-order valence-corrected chi connectivity index (χ3v) is 5.20. The van der Waals surface area contributed by atoms with Crippen LogP contribution in [0.3, 0.4) is 0 Å². The molecule has 0 bridgehead atoms. The molecule has 0 radical (unpaired) electrons. The lowest BCUT2D eigenvalue weighted by molar-refractivity contribution is 0.142. The molecule has 1 aromatic heterocycles. The number of nitrogens with one attached hydrogen (secondary N) is 1. The summed E-state index contributed by atoms with van der Waals surface area (Å²) in [5.74, 6) is -0.334. The molecule has 1 atom stereocenters. The number of H-pyrrole nitrogens is 1. The fraction of sp³-hybridized carbons (Fsp3) is 0.0870. The summed E-state index contributed by atoms with van der Waals surface area (Å²) < 4.78 is 18.6. The number of ether oxygens (including phenoxy) is 1. The highest BCUT2D eigenvalue weighted by atomic mass is 19.1. The first-order valence-corrected chi connectivity index (χ1v) is 9.41. The van der Waals surface area contributed by atoms with Crippen LogP contribution in [-0.4, -0.2) is 22.8 Å². The molecule has 1 N–H and O–H groups in total. The summed E-state index contributed by atoms with van der Waals surface area (Å²) in [5.41, 5.74) is 2.66. The van der Waals surface area contributed by atoms with Gasteiger partial charge in [-0.3, -0.25) is 9.69 Å². The first-order chi connectivity index (χ1) is 14.6. The number of amides is 1. The van der Waals surface area contributed by atoms with Crippen LogP contribution >= 0.6 is 0 Å². The number of carbonyl (C=O) groups is 1. The lowest BCUT2D eigenvalue weighted by Crippen LogP contribution is -2.23. The van der Waals surface area contributed by atoms with Gasteiger partial charge in [0.2, 0.25) is 0 Å². The highest BCUT2D eigenvalue weighted by Crippen LogP contribution is 2.32. The number of anilines is 1. The summed E-state index contributed by atoms with van der Waals surface area (Å²) in [5, 5.41) is 8.06. The van der Waals surface area contributed by atoms with Crippen LogP contribution < -0.4 is 10.5 Å². The summed E-state index contributed by atoms with van der Waals surface area (Å²) >= 11 is 0. The molecular formula is C23H16FN3O3. The van der Waals surface area contributed by atoms with E-state index in [1.54, 1.807) is 24.3 Å². The number of aromatic nitrogens is 2. The molecule has 4 aromatic rings. The largest absolute Gasteiger partial charge is 0.439 e. The third kappa shape index (κ3) is 3.10. The van der Waals surface area contributed by atoms with Gasteiger partial charge in [0, 0.05) is 16.6 Å². The van der Waals surface area contributed by atoms with Crippen molar-refractivity contribution >= 4 is 22.6 Å². The Morgan fingerprint density at radius 3 is 2.37 bits per heavy atom. The van der Waals surface area contributed by atoms with E-state index in [4.69, 9.17) is 4.74 Å². The topological polar surface area (TPSA) is 75.3 Å². The number of hydrogen-bond donors (Lipinski definition) is 1. The molecule has 30 heavy (non-hydrogen) atoms. The number of carbonyl (C=O) groups excluding carboxylic acids is 1. The monoisotopic (exact) mass is 401 g/mol. The molecule has 7 heteroatoms. The highest BCUT2D eigenvalue weighted by Gasteiger charge is 2.33. The Hall–Kier alpha value is -4.00. The second-order valence-electron chi connectivity index (χ2n) is 7.03. The zero-order chi connectivity index (χ0) is 20.7. The molecule has 1 fully saturated rings. The molecule has 3 aromatic carbocycles. The molecule has 2 heterocycles. The van der Waals surface area contributed by atoms with Crippen LogP contribution in [0.15, 0.2) is 77.6 Å². The summed E-state index contributed by atoms with van der Waals surface area (Å²) in [6, 6.07) is 20.5. The van der Waals surface area contributed by atoms with E-state index in [0.29, 0.717) is 23.3 Å². The molecule has 0 saturated carbocycles.